The zero-order valence-corrected chi connectivity index (χ0v) is 4.81. The third-order valence-corrected chi connectivity index (χ3v) is 1.36. The first-order valence-corrected chi connectivity index (χ1v) is 2.64. The summed E-state index contributed by atoms with van der Waals surface area (Å²) in [4.78, 5) is 14.5. The Hall–Kier alpha value is -0.260. The number of rotatable bonds is 2. The maximum Gasteiger partial charge on any atom is 0.356 e. The van der Waals surface area contributed by atoms with Gasteiger partial charge < -0.3 is 5.11 Å². The van der Waals surface area contributed by atoms with E-state index in [2.05, 4.69) is 22.9 Å². The average molecular weight is 135 g/mol. The molecule has 0 aromatic heterocycles. The molecule has 1 heterocycles. The van der Waals surface area contributed by atoms with Gasteiger partial charge in [0, 0.05) is 5.75 Å². The lowest BCUT2D eigenvalue weighted by Gasteiger charge is -1.94. The number of hydroxylamine groups is 1. The minimum atomic E-state index is -1.18. The lowest BCUT2D eigenvalue weighted by molar-refractivity contribution is -0.142. The van der Waals surface area contributed by atoms with Crippen molar-refractivity contribution in [2.75, 3.05) is 5.75 Å². The summed E-state index contributed by atoms with van der Waals surface area (Å²) in [6.45, 7) is 0. The van der Waals surface area contributed by atoms with Crippen molar-refractivity contribution < 1.29 is 14.7 Å². The van der Waals surface area contributed by atoms with Crippen molar-refractivity contribution in [2.24, 2.45) is 0 Å². The first-order valence-electron chi connectivity index (χ1n) is 2.01. The SMILES string of the molecule is O=C(O)[C@]1(CS)NO1. The molecule has 1 rings (SSSR count). The second-order valence-corrected chi connectivity index (χ2v) is 1.81. The van der Waals surface area contributed by atoms with Crippen LogP contribution in [0.3, 0.4) is 0 Å². The van der Waals surface area contributed by atoms with E-state index >= 15 is 0 Å². The lowest BCUT2D eigenvalue weighted by atomic mass is 10.3. The minimum Gasteiger partial charge on any atom is -0.478 e. The first kappa shape index (κ1) is 5.87. The van der Waals surface area contributed by atoms with Gasteiger partial charge in [0.1, 0.15) is 0 Å². The van der Waals surface area contributed by atoms with Gasteiger partial charge in [0.15, 0.2) is 0 Å². The molecule has 1 saturated heterocycles. The Morgan fingerprint density at radius 3 is 2.50 bits per heavy atom. The maximum atomic E-state index is 10.1. The molecule has 0 aliphatic carbocycles. The van der Waals surface area contributed by atoms with E-state index in [4.69, 9.17) is 5.11 Å². The zero-order valence-electron chi connectivity index (χ0n) is 3.92. The first-order chi connectivity index (χ1) is 3.71. The summed E-state index contributed by atoms with van der Waals surface area (Å²) in [6.07, 6.45) is 0. The van der Waals surface area contributed by atoms with Crippen molar-refractivity contribution in [3.05, 3.63) is 0 Å². The number of nitrogens with one attached hydrogen (secondary N) is 1. The normalized spacial score (nSPS) is 34.6. The van der Waals surface area contributed by atoms with E-state index in [0.717, 1.165) is 0 Å². The van der Waals surface area contributed by atoms with E-state index in [9.17, 15) is 4.79 Å². The molecule has 0 bridgehead atoms. The van der Waals surface area contributed by atoms with Gasteiger partial charge in [-0.15, -0.1) is 0 Å². The quantitative estimate of drug-likeness (QED) is 0.343. The Labute approximate surface area is 51.2 Å². The highest BCUT2D eigenvalue weighted by molar-refractivity contribution is 7.80. The van der Waals surface area contributed by atoms with Crippen LogP contribution in [0.2, 0.25) is 0 Å². The van der Waals surface area contributed by atoms with Crippen molar-refractivity contribution in [2.45, 2.75) is 5.72 Å². The van der Waals surface area contributed by atoms with Crippen LogP contribution in [-0.4, -0.2) is 22.6 Å². The van der Waals surface area contributed by atoms with Crippen LogP contribution in [0.1, 0.15) is 0 Å². The van der Waals surface area contributed by atoms with Crippen LogP contribution in [0, 0.1) is 0 Å². The van der Waals surface area contributed by atoms with Crippen LogP contribution in [0.15, 0.2) is 0 Å². The van der Waals surface area contributed by atoms with Gasteiger partial charge in [0.25, 0.3) is 5.72 Å². The van der Waals surface area contributed by atoms with Crippen LogP contribution in [0.4, 0.5) is 0 Å². The fourth-order valence-corrected chi connectivity index (χ4v) is 0.545. The number of aliphatic carboxylic acids is 1. The van der Waals surface area contributed by atoms with Gasteiger partial charge in [-0.3, -0.25) is 4.84 Å². The van der Waals surface area contributed by atoms with Crippen molar-refractivity contribution in [3.63, 3.8) is 0 Å². The van der Waals surface area contributed by atoms with Crippen molar-refractivity contribution in [1.82, 2.24) is 5.48 Å². The Morgan fingerprint density at radius 1 is 2.00 bits per heavy atom. The van der Waals surface area contributed by atoms with E-state index in [1.807, 2.05) is 0 Å². The number of carboxylic acids is 1. The fraction of sp³-hybridized carbons (Fsp3) is 0.667. The van der Waals surface area contributed by atoms with Crippen LogP contribution >= 0.6 is 12.6 Å². The predicted octanol–water partition coefficient (Wildman–Crippen LogP) is -0.768. The van der Waals surface area contributed by atoms with Crippen LogP contribution in [0.25, 0.3) is 0 Å². The summed E-state index contributed by atoms with van der Waals surface area (Å²) < 4.78 is 0. The van der Waals surface area contributed by atoms with Gasteiger partial charge in [-0.2, -0.15) is 18.1 Å². The van der Waals surface area contributed by atoms with Crippen LogP contribution in [0.5, 0.6) is 0 Å². The third-order valence-electron chi connectivity index (χ3n) is 0.917. The van der Waals surface area contributed by atoms with Gasteiger partial charge in [-0.25, -0.2) is 4.79 Å². The third kappa shape index (κ3) is 0.683. The molecule has 1 aliphatic heterocycles. The standard InChI is InChI=1S/C3H5NO3S/c5-2(6)3(1-8)4-7-3/h4,8H,1H2,(H,5,6)/t3-/m1/s1. The second-order valence-electron chi connectivity index (χ2n) is 1.49. The Bertz CT molecular complexity index is 122. The van der Waals surface area contributed by atoms with Crippen LogP contribution < -0.4 is 5.48 Å². The Balaban J connectivity index is 2.53. The van der Waals surface area contributed by atoms with Gasteiger partial charge >= 0.3 is 5.97 Å². The maximum absolute atomic E-state index is 10.1. The zero-order chi connectivity index (χ0) is 6.20. The Kier molecular flexibility index (Phi) is 1.18. The molecule has 1 aliphatic rings. The summed E-state index contributed by atoms with van der Waals surface area (Å²) in [6, 6.07) is 0. The van der Waals surface area contributed by atoms with E-state index in [0.29, 0.717) is 0 Å². The summed E-state index contributed by atoms with van der Waals surface area (Å²) >= 11 is 3.73. The lowest BCUT2D eigenvalue weighted by Crippen LogP contribution is -2.28. The van der Waals surface area contributed by atoms with E-state index in [-0.39, 0.29) is 5.75 Å². The highest BCUT2D eigenvalue weighted by Crippen LogP contribution is 2.20. The van der Waals surface area contributed by atoms with Gasteiger partial charge in [-0.05, 0) is 0 Å². The molecule has 0 saturated carbocycles. The topological polar surface area (TPSA) is 71.8 Å². The summed E-state index contributed by atoms with van der Waals surface area (Å²) in [5.74, 6) is -0.866. The van der Waals surface area contributed by atoms with Crippen molar-refractivity contribution in [3.8, 4) is 0 Å². The number of thiol groups is 1. The molecule has 8 heavy (non-hydrogen) atoms. The summed E-state index contributed by atoms with van der Waals surface area (Å²) in [7, 11) is 0. The largest absolute Gasteiger partial charge is 0.478 e. The molecular formula is C3H5NO3S. The van der Waals surface area contributed by atoms with Gasteiger partial charge in [0.05, 0.1) is 0 Å². The summed E-state index contributed by atoms with van der Waals surface area (Å²) in [5.41, 5.74) is 1.04. The van der Waals surface area contributed by atoms with Crippen LogP contribution in [-0.2, 0) is 9.63 Å². The number of hydrogen-bond donors (Lipinski definition) is 3. The molecule has 5 heteroatoms. The monoisotopic (exact) mass is 135 g/mol. The van der Waals surface area contributed by atoms with Crippen molar-refractivity contribution >= 4 is 18.6 Å². The highest BCUT2D eigenvalue weighted by atomic mass is 32.1. The second kappa shape index (κ2) is 1.61. The number of carboxylic acid groups (broad SMARTS) is 1. The molecule has 4 nitrogen and oxygen atoms in total. The smallest absolute Gasteiger partial charge is 0.356 e. The van der Waals surface area contributed by atoms with Gasteiger partial charge in [0.2, 0.25) is 0 Å². The highest BCUT2D eigenvalue weighted by Gasteiger charge is 2.52. The molecule has 2 N–H and O–H groups in total. The molecule has 0 aromatic carbocycles. The van der Waals surface area contributed by atoms with Gasteiger partial charge in [-0.1, -0.05) is 0 Å². The molecule has 0 amide bonds. The molecule has 0 spiro atoms. The van der Waals surface area contributed by atoms with E-state index in [1.54, 1.807) is 0 Å². The predicted molar refractivity (Wildman–Crippen MR) is 28.4 cm³/mol. The molecule has 1 atom stereocenters. The van der Waals surface area contributed by atoms with E-state index in [1.165, 1.54) is 0 Å². The molecule has 0 radical (unpaired) electrons. The summed E-state index contributed by atoms with van der Waals surface area (Å²) in [5, 5.41) is 8.27. The molecule has 0 unspecified atom stereocenters. The number of carbonyl (C=O) groups is 1. The molecule has 46 valence electrons. The molecule has 1 fully saturated rings. The average Bonchev–Trinajstić information content (AvgIpc) is 2.44. The minimum absolute atomic E-state index is 0.155. The molecular weight excluding hydrogens is 130 g/mol. The van der Waals surface area contributed by atoms with Crippen molar-refractivity contribution in [1.29, 1.82) is 0 Å². The fourth-order valence-electron chi connectivity index (χ4n) is 0.281. The number of hydrogen-bond acceptors (Lipinski definition) is 4. The van der Waals surface area contributed by atoms with E-state index < -0.39 is 11.7 Å². The molecule has 0 aromatic rings. The Morgan fingerprint density at radius 2 is 2.50 bits per heavy atom.